The van der Waals surface area contributed by atoms with Gasteiger partial charge in [0.2, 0.25) is 0 Å². The topological polar surface area (TPSA) is 18.5 Å². The van der Waals surface area contributed by atoms with E-state index in [1.54, 1.807) is 0 Å². The lowest BCUT2D eigenvalue weighted by molar-refractivity contribution is 0.233. The van der Waals surface area contributed by atoms with Crippen LogP contribution >= 0.6 is 43.6 Å². The molecule has 0 aliphatic rings. The fourth-order valence-corrected chi connectivity index (χ4v) is 4.87. The normalized spacial score (nSPS) is 12.0. The number of hydrogen-bond donors (Lipinski definition) is 0. The Hall–Kier alpha value is 1.60. The molecule has 0 heterocycles. The van der Waals surface area contributed by atoms with Crippen molar-refractivity contribution in [2.24, 2.45) is 0 Å². The lowest BCUT2D eigenvalue weighted by Crippen LogP contribution is -2.27. The van der Waals surface area contributed by atoms with E-state index in [1.807, 2.05) is 13.8 Å². The Labute approximate surface area is 82.4 Å². The van der Waals surface area contributed by atoms with Crippen LogP contribution in [0.2, 0.25) is 0 Å². The van der Waals surface area contributed by atoms with Crippen LogP contribution in [-0.4, -0.2) is 16.8 Å². The van der Waals surface area contributed by atoms with Gasteiger partial charge >= 0.3 is 3.55 Å². The molecular formula is C4H10I2O2Si. The Morgan fingerprint density at radius 2 is 1.44 bits per heavy atom. The van der Waals surface area contributed by atoms with E-state index in [4.69, 9.17) is 8.85 Å². The van der Waals surface area contributed by atoms with E-state index in [1.165, 1.54) is 0 Å². The van der Waals surface area contributed by atoms with Gasteiger partial charge in [0, 0.05) is 13.2 Å². The van der Waals surface area contributed by atoms with E-state index in [2.05, 4.69) is 43.6 Å². The highest BCUT2D eigenvalue weighted by atomic mass is 127. The van der Waals surface area contributed by atoms with Crippen LogP contribution in [0.25, 0.3) is 0 Å². The van der Waals surface area contributed by atoms with E-state index < -0.39 is 3.55 Å². The molecule has 0 N–H and O–H groups in total. The first kappa shape index (κ1) is 10.6. The maximum absolute atomic E-state index is 5.36. The molecule has 0 aromatic heterocycles. The average molecular weight is 372 g/mol. The standard InChI is InChI=1S/C4H10I2O2Si/c1-3-7-9(5,6)8-4-2/h3-4H2,1-2H3. The first-order valence-electron chi connectivity index (χ1n) is 2.78. The monoisotopic (exact) mass is 372 g/mol. The van der Waals surface area contributed by atoms with Crippen LogP contribution in [-0.2, 0) is 8.85 Å². The molecule has 0 saturated carbocycles. The van der Waals surface area contributed by atoms with Crippen molar-refractivity contribution in [2.45, 2.75) is 13.8 Å². The third-order valence-electron chi connectivity index (χ3n) is 0.625. The highest BCUT2D eigenvalue weighted by Gasteiger charge is 2.29. The van der Waals surface area contributed by atoms with Crippen molar-refractivity contribution >= 4 is 47.1 Å². The van der Waals surface area contributed by atoms with Gasteiger partial charge in [-0.2, -0.15) is 0 Å². The van der Waals surface area contributed by atoms with Crippen molar-refractivity contribution in [3.63, 3.8) is 0 Å². The zero-order valence-corrected chi connectivity index (χ0v) is 10.8. The summed E-state index contributed by atoms with van der Waals surface area (Å²) in [7, 11) is 0. The number of rotatable bonds is 4. The van der Waals surface area contributed by atoms with Crippen molar-refractivity contribution in [1.82, 2.24) is 0 Å². The van der Waals surface area contributed by atoms with Crippen LogP contribution in [0.4, 0.5) is 0 Å². The van der Waals surface area contributed by atoms with Gasteiger partial charge in [-0.15, -0.1) is 0 Å². The van der Waals surface area contributed by atoms with E-state index >= 15 is 0 Å². The molecule has 0 amide bonds. The van der Waals surface area contributed by atoms with Gasteiger partial charge in [-0.1, -0.05) is 0 Å². The molecule has 2 nitrogen and oxygen atoms in total. The molecule has 0 saturated heterocycles. The number of halogens is 2. The molecule has 0 aromatic carbocycles. The van der Waals surface area contributed by atoms with Gasteiger partial charge in [-0.05, 0) is 57.4 Å². The van der Waals surface area contributed by atoms with Crippen LogP contribution in [0.3, 0.4) is 0 Å². The van der Waals surface area contributed by atoms with Crippen LogP contribution in [0.1, 0.15) is 13.8 Å². The molecule has 0 bridgehead atoms. The van der Waals surface area contributed by atoms with Crippen LogP contribution in [0, 0.1) is 0 Å². The van der Waals surface area contributed by atoms with Crippen LogP contribution in [0.5, 0.6) is 0 Å². The van der Waals surface area contributed by atoms with Gasteiger partial charge in [0.05, 0.1) is 0 Å². The SMILES string of the molecule is CCO[Si](I)(I)OCC. The average Bonchev–Trinajstić information content (AvgIpc) is 1.64. The summed E-state index contributed by atoms with van der Waals surface area (Å²) in [6.45, 7) is 5.46. The summed E-state index contributed by atoms with van der Waals surface area (Å²) in [4.78, 5) is 0. The van der Waals surface area contributed by atoms with Gasteiger partial charge < -0.3 is 8.85 Å². The molecule has 5 heteroatoms. The third-order valence-corrected chi connectivity index (χ3v) is 5.61. The molecule has 0 spiro atoms. The van der Waals surface area contributed by atoms with Crippen molar-refractivity contribution in [2.75, 3.05) is 13.2 Å². The van der Waals surface area contributed by atoms with E-state index in [9.17, 15) is 0 Å². The quantitative estimate of drug-likeness (QED) is 0.429. The second-order valence-electron chi connectivity index (χ2n) is 1.33. The van der Waals surface area contributed by atoms with Gasteiger partial charge in [0.1, 0.15) is 0 Å². The highest BCUT2D eigenvalue weighted by molar-refractivity contribution is 14.3. The molecule has 9 heavy (non-hydrogen) atoms. The minimum absolute atomic E-state index is 0.748. The molecule has 0 rings (SSSR count). The fourth-order valence-electron chi connectivity index (χ4n) is 0.378. The second kappa shape index (κ2) is 5.27. The Bertz CT molecular complexity index is 71.0. The summed E-state index contributed by atoms with van der Waals surface area (Å²) in [5.74, 6) is 0. The Morgan fingerprint density at radius 1 is 1.11 bits per heavy atom. The lowest BCUT2D eigenvalue weighted by Gasteiger charge is -2.15. The minimum atomic E-state index is -1.76. The maximum Gasteiger partial charge on any atom is 0.476 e. The molecule has 0 fully saturated rings. The summed E-state index contributed by atoms with van der Waals surface area (Å²) in [5.41, 5.74) is 0. The van der Waals surface area contributed by atoms with Crippen molar-refractivity contribution in [3.8, 4) is 0 Å². The zero-order valence-electron chi connectivity index (χ0n) is 5.49. The number of hydrogen-bond acceptors (Lipinski definition) is 2. The molecule has 0 unspecified atom stereocenters. The molecule has 0 aromatic rings. The summed E-state index contributed by atoms with van der Waals surface area (Å²) < 4.78 is 8.96. The summed E-state index contributed by atoms with van der Waals surface area (Å²) >= 11 is 4.51. The highest BCUT2D eigenvalue weighted by Crippen LogP contribution is 2.23. The summed E-state index contributed by atoms with van der Waals surface area (Å²) in [6.07, 6.45) is 0. The Kier molecular flexibility index (Phi) is 6.21. The first-order valence-corrected chi connectivity index (χ1v) is 10.8. The van der Waals surface area contributed by atoms with Crippen LogP contribution in [0.15, 0.2) is 0 Å². The molecular weight excluding hydrogens is 362 g/mol. The maximum atomic E-state index is 5.36. The largest absolute Gasteiger partial charge is 0.476 e. The van der Waals surface area contributed by atoms with Crippen molar-refractivity contribution < 1.29 is 8.85 Å². The Balaban J connectivity index is 3.43. The Morgan fingerprint density at radius 3 is 1.67 bits per heavy atom. The molecule has 0 aliphatic heterocycles. The van der Waals surface area contributed by atoms with E-state index in [0.717, 1.165) is 13.2 Å². The zero-order chi connectivity index (χ0) is 7.33. The smallest absolute Gasteiger partial charge is 0.380 e. The van der Waals surface area contributed by atoms with Gasteiger partial charge in [0.15, 0.2) is 0 Å². The molecule has 0 radical (unpaired) electrons. The lowest BCUT2D eigenvalue weighted by atomic mass is 10.9. The predicted molar refractivity (Wildman–Crippen MR) is 57.0 cm³/mol. The van der Waals surface area contributed by atoms with Crippen LogP contribution < -0.4 is 0 Å². The second-order valence-corrected chi connectivity index (χ2v) is 17.5. The molecule has 0 aliphatic carbocycles. The van der Waals surface area contributed by atoms with E-state index in [0.29, 0.717) is 0 Å². The fraction of sp³-hybridized carbons (Fsp3) is 1.00. The van der Waals surface area contributed by atoms with Crippen molar-refractivity contribution in [3.05, 3.63) is 0 Å². The minimum Gasteiger partial charge on any atom is -0.380 e. The first-order chi connectivity index (χ1) is 4.12. The molecule has 56 valence electrons. The third kappa shape index (κ3) is 6.01. The van der Waals surface area contributed by atoms with E-state index in [-0.39, 0.29) is 0 Å². The summed E-state index contributed by atoms with van der Waals surface area (Å²) in [5, 5.41) is 0. The predicted octanol–water partition coefficient (Wildman–Crippen LogP) is 2.37. The van der Waals surface area contributed by atoms with Crippen molar-refractivity contribution in [1.29, 1.82) is 0 Å². The van der Waals surface area contributed by atoms with Gasteiger partial charge in [-0.3, -0.25) is 0 Å². The summed E-state index contributed by atoms with van der Waals surface area (Å²) in [6, 6.07) is 0. The molecule has 0 atom stereocenters. The van der Waals surface area contributed by atoms with Gasteiger partial charge in [-0.25, -0.2) is 0 Å². The van der Waals surface area contributed by atoms with Gasteiger partial charge in [0.25, 0.3) is 0 Å².